The lowest BCUT2D eigenvalue weighted by atomic mass is 9.68. The number of alkyl halides is 3. The fraction of sp³-hybridized carbons (Fsp3) is 0.210. The molecule has 2 aliphatic carbocycles. The minimum Gasteiger partial charge on any atom is -0.491 e. The van der Waals surface area contributed by atoms with Gasteiger partial charge in [0.25, 0.3) is 0 Å². The summed E-state index contributed by atoms with van der Waals surface area (Å²) in [5, 5.41) is 18.2. The van der Waals surface area contributed by atoms with Gasteiger partial charge < -0.3 is 38.6 Å². The molecule has 0 fully saturated rings. The van der Waals surface area contributed by atoms with Crippen molar-refractivity contribution in [1.29, 1.82) is 0 Å². The number of halogens is 3. The van der Waals surface area contributed by atoms with Crippen LogP contribution in [0.3, 0.4) is 0 Å². The van der Waals surface area contributed by atoms with Gasteiger partial charge in [-0.15, -0.1) is 0 Å². The summed E-state index contributed by atoms with van der Waals surface area (Å²) in [6.07, 6.45) is 0. The number of aliphatic hydroxyl groups is 2. The standard InChI is InChI=1S/C32H30O5.C29H26O4.CHCl3/c1-23(33)35-21-22-37-27-17-13-25(14-18-27)32(24-11-15-26(16-12-24)36-20-19-34-2)30-9-5-3-7-28(30)29-8-4-6-10-31(29)32;30-17-19-32-23-13-9-21(10-14-23)29(22-11-15-24(16-12-22)33-20-18-31)27-7-3-1-5-25(27)26-6-2-4-8-28(26)29;2-1(3)4/h3-18H,19-22H2,1-2H3;1-16,30-31H,17-20H2;1H. The van der Waals surface area contributed by atoms with Crippen LogP contribution in [0.2, 0.25) is 0 Å². The molecule has 0 atom stereocenters. The average Bonchev–Trinajstić information content (AvgIpc) is 3.90. The molecule has 0 saturated heterocycles. The second-order valence-corrected chi connectivity index (χ2v) is 19.2. The van der Waals surface area contributed by atoms with Crippen molar-refractivity contribution in [2.75, 3.05) is 60.0 Å². The first-order chi connectivity index (χ1) is 36.2. The lowest BCUT2D eigenvalue weighted by Gasteiger charge is -2.34. The Morgan fingerprint density at radius 3 is 0.919 bits per heavy atom. The average molecular weight is 1050 g/mol. The first-order valence-corrected chi connectivity index (χ1v) is 25.6. The largest absolute Gasteiger partial charge is 0.491 e. The lowest BCUT2D eigenvalue weighted by molar-refractivity contribution is -0.141. The van der Waals surface area contributed by atoms with Crippen LogP contribution in [0.15, 0.2) is 194 Å². The van der Waals surface area contributed by atoms with E-state index < -0.39 is 15.1 Å². The zero-order chi connectivity index (χ0) is 51.9. The Kier molecular flexibility index (Phi) is 18.4. The normalized spacial score (nSPS) is 12.9. The van der Waals surface area contributed by atoms with Gasteiger partial charge in [0.1, 0.15) is 56.0 Å². The van der Waals surface area contributed by atoms with Gasteiger partial charge in [-0.25, -0.2) is 0 Å². The highest BCUT2D eigenvalue weighted by molar-refractivity contribution is 6.63. The zero-order valence-corrected chi connectivity index (χ0v) is 43.4. The maximum absolute atomic E-state index is 11.0. The van der Waals surface area contributed by atoms with Crippen molar-refractivity contribution in [2.45, 2.75) is 22.0 Å². The quantitative estimate of drug-likeness (QED) is 0.0493. The van der Waals surface area contributed by atoms with Crippen LogP contribution in [0.5, 0.6) is 23.0 Å². The monoisotopic (exact) mass is 1050 g/mol. The van der Waals surface area contributed by atoms with Gasteiger partial charge in [0.15, 0.2) is 4.30 Å². The van der Waals surface area contributed by atoms with Gasteiger partial charge in [-0.2, -0.15) is 0 Å². The van der Waals surface area contributed by atoms with Gasteiger partial charge >= 0.3 is 5.97 Å². The van der Waals surface area contributed by atoms with Crippen LogP contribution in [0.4, 0.5) is 0 Å². The highest BCUT2D eigenvalue weighted by Crippen LogP contribution is 2.57. The first-order valence-electron chi connectivity index (χ1n) is 24.2. The van der Waals surface area contributed by atoms with Crippen molar-refractivity contribution in [3.63, 3.8) is 0 Å². The summed E-state index contributed by atoms with van der Waals surface area (Å²) in [5.41, 5.74) is 13.5. The summed E-state index contributed by atoms with van der Waals surface area (Å²) in [5.74, 6) is 2.69. The summed E-state index contributed by atoms with van der Waals surface area (Å²) in [7, 11) is 1.67. The van der Waals surface area contributed by atoms with E-state index in [0.717, 1.165) is 45.3 Å². The summed E-state index contributed by atoms with van der Waals surface area (Å²) in [6, 6.07) is 67.3. The van der Waals surface area contributed by atoms with Crippen molar-refractivity contribution in [3.8, 4) is 45.3 Å². The molecule has 0 saturated carbocycles. The molecule has 0 unspecified atom stereocenters. The molecule has 0 spiro atoms. The van der Waals surface area contributed by atoms with E-state index in [4.69, 9.17) is 73.4 Å². The third-order valence-corrected chi connectivity index (χ3v) is 13.0. The number of benzene rings is 8. The molecule has 0 amide bonds. The van der Waals surface area contributed by atoms with Gasteiger partial charge in [-0.1, -0.05) is 180 Å². The van der Waals surface area contributed by atoms with E-state index in [1.807, 2.05) is 48.5 Å². The van der Waals surface area contributed by atoms with E-state index in [9.17, 15) is 4.79 Å². The third kappa shape index (κ3) is 11.4. The Labute approximate surface area is 447 Å². The highest BCUT2D eigenvalue weighted by Gasteiger charge is 2.47. The summed E-state index contributed by atoms with van der Waals surface area (Å²) in [6.45, 7) is 3.48. The number of carbonyl (C=O) groups is 1. The van der Waals surface area contributed by atoms with Gasteiger partial charge in [0.2, 0.25) is 0 Å². The van der Waals surface area contributed by atoms with Gasteiger partial charge in [-0.05, 0) is 115 Å². The van der Waals surface area contributed by atoms with Crippen LogP contribution in [0.1, 0.15) is 51.4 Å². The smallest absolute Gasteiger partial charge is 0.302 e. The molecule has 2 N–H and O–H groups in total. The van der Waals surface area contributed by atoms with Crippen LogP contribution in [0.25, 0.3) is 22.3 Å². The van der Waals surface area contributed by atoms with E-state index in [2.05, 4.69) is 146 Å². The van der Waals surface area contributed by atoms with Crippen molar-refractivity contribution in [1.82, 2.24) is 0 Å². The minimum atomic E-state index is -0.750. The molecule has 8 aromatic rings. The van der Waals surface area contributed by atoms with Crippen LogP contribution in [-0.2, 0) is 25.1 Å². The Bertz CT molecular complexity index is 2920. The Balaban J connectivity index is 0.000000185. The number of rotatable bonds is 18. The number of hydrogen-bond acceptors (Lipinski definition) is 9. The molecule has 0 radical (unpaired) electrons. The molecule has 0 heterocycles. The van der Waals surface area contributed by atoms with E-state index in [1.165, 1.54) is 51.4 Å². The van der Waals surface area contributed by atoms with Gasteiger partial charge in [-0.3, -0.25) is 4.79 Å². The Hall–Kier alpha value is -6.82. The first kappa shape index (κ1) is 53.5. The predicted molar refractivity (Wildman–Crippen MR) is 293 cm³/mol. The minimum absolute atomic E-state index is 0.0167. The van der Waals surface area contributed by atoms with Gasteiger partial charge in [0.05, 0.1) is 30.7 Å². The summed E-state index contributed by atoms with van der Waals surface area (Å²) < 4.78 is 32.2. The summed E-state index contributed by atoms with van der Waals surface area (Å²) >= 11 is 14.4. The zero-order valence-electron chi connectivity index (χ0n) is 41.1. The molecule has 9 nitrogen and oxygen atoms in total. The van der Waals surface area contributed by atoms with Crippen LogP contribution in [0, 0.1) is 0 Å². The molecular formula is C62H57Cl3O9. The molecule has 0 aromatic heterocycles. The maximum Gasteiger partial charge on any atom is 0.302 e. The number of aliphatic hydroxyl groups excluding tert-OH is 2. The van der Waals surface area contributed by atoms with Crippen molar-refractivity contribution < 1.29 is 43.4 Å². The molecule has 0 bridgehead atoms. The molecule has 74 heavy (non-hydrogen) atoms. The molecule has 380 valence electrons. The fourth-order valence-electron chi connectivity index (χ4n) is 10.2. The third-order valence-electron chi connectivity index (χ3n) is 13.0. The molecule has 2 aliphatic rings. The fourth-order valence-corrected chi connectivity index (χ4v) is 10.2. The molecule has 12 heteroatoms. The van der Waals surface area contributed by atoms with Crippen molar-refractivity contribution in [3.05, 3.63) is 239 Å². The molecular weight excluding hydrogens is 995 g/mol. The second-order valence-electron chi connectivity index (χ2n) is 17.2. The SMILES string of the molecule is COCCOc1ccc(C2(c3ccc(OCCOC(C)=O)cc3)c3ccccc3-c3ccccc32)cc1.ClC(Cl)Cl.OCCOc1ccc(C2(c3ccc(OCCO)cc3)c3ccccc3-c3ccccc32)cc1. The number of hydrogen-bond donors (Lipinski definition) is 2. The van der Waals surface area contributed by atoms with Crippen molar-refractivity contribution in [2.24, 2.45) is 0 Å². The topological polar surface area (TPSA) is 113 Å². The van der Waals surface area contributed by atoms with E-state index in [1.54, 1.807) is 7.11 Å². The van der Waals surface area contributed by atoms with E-state index in [0.29, 0.717) is 19.8 Å². The number of ether oxygens (including phenoxy) is 6. The van der Waals surface area contributed by atoms with Crippen LogP contribution >= 0.6 is 34.8 Å². The van der Waals surface area contributed by atoms with Gasteiger partial charge in [0, 0.05) is 14.0 Å². The molecule has 0 aliphatic heterocycles. The molecule has 10 rings (SSSR count). The highest BCUT2D eigenvalue weighted by atomic mass is 35.6. The van der Waals surface area contributed by atoms with Crippen molar-refractivity contribution >= 4 is 40.8 Å². The predicted octanol–water partition coefficient (Wildman–Crippen LogP) is 12.8. The lowest BCUT2D eigenvalue weighted by Crippen LogP contribution is -2.28. The van der Waals surface area contributed by atoms with E-state index in [-0.39, 0.29) is 39.0 Å². The Morgan fingerprint density at radius 1 is 0.405 bits per heavy atom. The van der Waals surface area contributed by atoms with Crippen LogP contribution in [-0.4, -0.2) is 80.4 Å². The van der Waals surface area contributed by atoms with Crippen LogP contribution < -0.4 is 18.9 Å². The summed E-state index contributed by atoms with van der Waals surface area (Å²) in [4.78, 5) is 11.0. The number of fused-ring (bicyclic) bond motifs is 6. The number of carbonyl (C=O) groups excluding carboxylic acids is 1. The second kappa shape index (κ2) is 25.4. The maximum atomic E-state index is 11.0. The van der Waals surface area contributed by atoms with E-state index >= 15 is 0 Å². The Morgan fingerprint density at radius 2 is 0.662 bits per heavy atom. The number of esters is 1. The molecule has 8 aromatic carbocycles. The number of methoxy groups -OCH3 is 1.